The number of rotatable bonds is 6. The average Bonchev–Trinajstić information content (AvgIpc) is 3.15. The van der Waals surface area contributed by atoms with Crippen molar-refractivity contribution in [2.75, 3.05) is 11.9 Å². The van der Waals surface area contributed by atoms with Crippen LogP contribution in [0.1, 0.15) is 23.1 Å². The number of carbonyl (C=O) groups excluding carboxylic acids is 1. The molecule has 0 radical (unpaired) electrons. The van der Waals surface area contributed by atoms with E-state index in [0.717, 1.165) is 9.96 Å². The van der Waals surface area contributed by atoms with Crippen LogP contribution in [-0.4, -0.2) is 31.7 Å². The van der Waals surface area contributed by atoms with Gasteiger partial charge in [-0.25, -0.2) is 9.20 Å². The lowest BCUT2D eigenvalue weighted by Gasteiger charge is -2.08. The number of esters is 1. The fourth-order valence-electron chi connectivity index (χ4n) is 3.03. The summed E-state index contributed by atoms with van der Waals surface area (Å²) in [4.78, 5) is 41.5. The molecule has 0 spiro atoms. The van der Waals surface area contributed by atoms with Crippen LogP contribution in [0.3, 0.4) is 0 Å². The zero-order valence-electron chi connectivity index (χ0n) is 16.8. The third-order valence-corrected chi connectivity index (χ3v) is 4.50. The minimum absolute atomic E-state index is 0.0303. The predicted molar refractivity (Wildman–Crippen MR) is 114 cm³/mol. The highest BCUT2D eigenvalue weighted by molar-refractivity contribution is 5.86. The van der Waals surface area contributed by atoms with Crippen LogP contribution in [0.15, 0.2) is 64.6 Å². The Hall–Kier alpha value is -4.34. The smallest absolute Gasteiger partial charge is 0.376 e. The zero-order valence-corrected chi connectivity index (χ0v) is 16.8. The Morgan fingerprint density at radius 1 is 1.13 bits per heavy atom. The van der Waals surface area contributed by atoms with E-state index < -0.39 is 17.2 Å². The lowest BCUT2D eigenvalue weighted by Crippen LogP contribution is -2.21. The van der Waals surface area contributed by atoms with E-state index in [0.29, 0.717) is 11.4 Å². The maximum atomic E-state index is 13.1. The van der Waals surface area contributed by atoms with Gasteiger partial charge >= 0.3 is 5.97 Å². The number of para-hydroxylation sites is 1. The second-order valence-corrected chi connectivity index (χ2v) is 6.62. The number of nitroso groups, excluding NO2 is 1. The van der Waals surface area contributed by atoms with Crippen LogP contribution in [-0.2, 0) is 4.74 Å². The van der Waals surface area contributed by atoms with Crippen molar-refractivity contribution in [1.29, 1.82) is 0 Å². The predicted octanol–water partition coefficient (Wildman–Crippen LogP) is 3.51. The fourth-order valence-corrected chi connectivity index (χ4v) is 3.03. The highest BCUT2D eigenvalue weighted by Gasteiger charge is 2.26. The van der Waals surface area contributed by atoms with Gasteiger partial charge < -0.3 is 10.1 Å². The van der Waals surface area contributed by atoms with Gasteiger partial charge in [-0.15, -0.1) is 10.0 Å². The first-order valence-corrected chi connectivity index (χ1v) is 9.49. The molecule has 4 aromatic rings. The van der Waals surface area contributed by atoms with E-state index in [1.54, 1.807) is 43.3 Å². The Labute approximate surface area is 176 Å². The van der Waals surface area contributed by atoms with E-state index in [1.165, 1.54) is 4.68 Å². The van der Waals surface area contributed by atoms with Crippen molar-refractivity contribution in [3.05, 3.63) is 81.2 Å². The van der Waals surface area contributed by atoms with E-state index in [4.69, 9.17) is 4.74 Å². The molecule has 0 fully saturated rings. The maximum absolute atomic E-state index is 13.1. The molecule has 156 valence electrons. The van der Waals surface area contributed by atoms with E-state index in [2.05, 4.69) is 20.6 Å². The molecule has 0 atom stereocenters. The number of anilines is 2. The molecule has 1 N–H and O–H groups in total. The molecular weight excluding hydrogens is 400 g/mol. The Morgan fingerprint density at radius 2 is 1.84 bits per heavy atom. The van der Waals surface area contributed by atoms with E-state index in [9.17, 15) is 14.5 Å². The first-order valence-electron chi connectivity index (χ1n) is 9.49. The molecule has 0 saturated heterocycles. The standard InChI is InChI=1S/C21H18N6O4/c1-3-31-20(29)18-24-27(15-11-9-13(2)10-12-15)21-23-17(16(25-30)19(28)26(18)21)22-14-7-5-4-6-8-14/h4-12,22H,3H2,1-2H3. The second kappa shape index (κ2) is 8.19. The van der Waals surface area contributed by atoms with Crippen molar-refractivity contribution in [3.63, 3.8) is 0 Å². The molecule has 10 heteroatoms. The van der Waals surface area contributed by atoms with Gasteiger partial charge in [-0.1, -0.05) is 35.9 Å². The van der Waals surface area contributed by atoms with Crippen LogP contribution in [0.5, 0.6) is 0 Å². The lowest BCUT2D eigenvalue weighted by atomic mass is 10.2. The molecular formula is C21H18N6O4. The number of aromatic nitrogens is 4. The summed E-state index contributed by atoms with van der Waals surface area (Å²) in [7, 11) is 0. The van der Waals surface area contributed by atoms with Crippen LogP contribution in [0.4, 0.5) is 17.2 Å². The minimum atomic E-state index is -0.833. The fraction of sp³-hybridized carbons (Fsp3) is 0.143. The van der Waals surface area contributed by atoms with Gasteiger partial charge in [-0.2, -0.15) is 9.67 Å². The number of nitrogens with one attached hydrogen (secondary N) is 1. The number of hydrogen-bond donors (Lipinski definition) is 1. The SMILES string of the molecule is CCOC(=O)c1nn(-c2ccc(C)cc2)c2nc(Nc3ccccc3)c(N=O)c(=O)n12. The molecule has 0 bridgehead atoms. The van der Waals surface area contributed by atoms with Gasteiger partial charge in [0.1, 0.15) is 0 Å². The molecule has 0 aliphatic rings. The number of nitrogens with zero attached hydrogens (tertiary/aromatic N) is 5. The minimum Gasteiger partial charge on any atom is -0.460 e. The number of hydrogen-bond acceptors (Lipinski definition) is 8. The summed E-state index contributed by atoms with van der Waals surface area (Å²) in [5, 5.41) is 10.1. The molecule has 10 nitrogen and oxygen atoms in total. The largest absolute Gasteiger partial charge is 0.460 e. The van der Waals surface area contributed by atoms with Gasteiger partial charge in [0.05, 0.1) is 12.3 Å². The van der Waals surface area contributed by atoms with Gasteiger partial charge in [-0.3, -0.25) is 4.79 Å². The molecule has 2 aromatic carbocycles. The highest BCUT2D eigenvalue weighted by atomic mass is 16.5. The first-order chi connectivity index (χ1) is 15.0. The molecule has 2 aromatic heterocycles. The summed E-state index contributed by atoms with van der Waals surface area (Å²) in [6.45, 7) is 3.66. The lowest BCUT2D eigenvalue weighted by molar-refractivity contribution is 0.0509. The van der Waals surface area contributed by atoms with Gasteiger partial charge in [0.25, 0.3) is 5.56 Å². The summed E-state index contributed by atoms with van der Waals surface area (Å²) in [6.07, 6.45) is 0. The van der Waals surface area contributed by atoms with Crippen molar-refractivity contribution in [1.82, 2.24) is 19.2 Å². The summed E-state index contributed by atoms with van der Waals surface area (Å²) in [5.74, 6) is -1.13. The van der Waals surface area contributed by atoms with Crippen molar-refractivity contribution in [2.45, 2.75) is 13.8 Å². The van der Waals surface area contributed by atoms with E-state index >= 15 is 0 Å². The number of carbonyl (C=O) groups is 1. The van der Waals surface area contributed by atoms with Crippen LogP contribution < -0.4 is 10.9 Å². The zero-order chi connectivity index (χ0) is 22.0. The van der Waals surface area contributed by atoms with Crippen molar-refractivity contribution in [2.24, 2.45) is 5.18 Å². The van der Waals surface area contributed by atoms with Crippen molar-refractivity contribution < 1.29 is 9.53 Å². The van der Waals surface area contributed by atoms with Crippen LogP contribution in [0, 0.1) is 11.8 Å². The molecule has 0 amide bonds. The normalized spacial score (nSPS) is 10.8. The van der Waals surface area contributed by atoms with Gasteiger partial charge in [0, 0.05) is 5.69 Å². The van der Waals surface area contributed by atoms with E-state index in [1.807, 2.05) is 25.1 Å². The monoisotopic (exact) mass is 418 g/mol. The molecule has 2 heterocycles. The first kappa shape index (κ1) is 20.0. The van der Waals surface area contributed by atoms with Crippen LogP contribution in [0.2, 0.25) is 0 Å². The topological polar surface area (TPSA) is 120 Å². The summed E-state index contributed by atoms with van der Waals surface area (Å²) in [6, 6.07) is 16.2. The average molecular weight is 418 g/mol. The summed E-state index contributed by atoms with van der Waals surface area (Å²) >= 11 is 0. The molecule has 0 aliphatic carbocycles. The Bertz CT molecular complexity index is 1330. The third-order valence-electron chi connectivity index (χ3n) is 4.50. The Kier molecular flexibility index (Phi) is 5.27. The highest BCUT2D eigenvalue weighted by Crippen LogP contribution is 2.25. The third kappa shape index (κ3) is 3.66. The van der Waals surface area contributed by atoms with Gasteiger partial charge in [0.15, 0.2) is 5.82 Å². The Morgan fingerprint density at radius 3 is 2.48 bits per heavy atom. The molecule has 0 unspecified atom stereocenters. The number of ether oxygens (including phenoxy) is 1. The van der Waals surface area contributed by atoms with E-state index in [-0.39, 0.29) is 24.0 Å². The second-order valence-electron chi connectivity index (χ2n) is 6.62. The molecule has 4 rings (SSSR count). The molecule has 0 saturated carbocycles. The molecule has 31 heavy (non-hydrogen) atoms. The van der Waals surface area contributed by atoms with Crippen molar-refractivity contribution in [3.8, 4) is 5.69 Å². The Balaban J connectivity index is 2.01. The number of fused-ring (bicyclic) bond motifs is 1. The van der Waals surface area contributed by atoms with Crippen LogP contribution in [0.25, 0.3) is 11.5 Å². The quantitative estimate of drug-likeness (QED) is 0.376. The summed E-state index contributed by atoms with van der Waals surface area (Å²) in [5.41, 5.74) is 0.892. The summed E-state index contributed by atoms with van der Waals surface area (Å²) < 4.78 is 7.31. The van der Waals surface area contributed by atoms with Gasteiger partial charge in [-0.05, 0) is 43.3 Å². The maximum Gasteiger partial charge on any atom is 0.376 e. The van der Waals surface area contributed by atoms with Crippen LogP contribution >= 0.6 is 0 Å². The number of aryl methyl sites for hydroxylation is 1. The number of benzene rings is 2. The van der Waals surface area contributed by atoms with Crippen molar-refractivity contribution >= 4 is 28.9 Å². The van der Waals surface area contributed by atoms with Gasteiger partial charge in [0.2, 0.25) is 17.3 Å². The molecule has 0 aliphatic heterocycles.